The minimum atomic E-state index is -0.951. The van der Waals surface area contributed by atoms with Crippen LogP contribution in [-0.2, 0) is 19.1 Å². The molecule has 3 rings (SSSR count). The molecule has 1 atom stereocenters. The van der Waals surface area contributed by atoms with Gasteiger partial charge in [-0.15, -0.1) is 0 Å². The first kappa shape index (κ1) is 19.9. The van der Waals surface area contributed by atoms with E-state index in [1.807, 2.05) is 0 Å². The number of amides is 2. The van der Waals surface area contributed by atoms with Crippen LogP contribution in [0.3, 0.4) is 0 Å². The summed E-state index contributed by atoms with van der Waals surface area (Å²) in [5.41, 5.74) is 4.26. The van der Waals surface area contributed by atoms with E-state index in [0.717, 1.165) is 6.07 Å². The van der Waals surface area contributed by atoms with Gasteiger partial charge in [-0.1, -0.05) is 18.2 Å². The summed E-state index contributed by atoms with van der Waals surface area (Å²) in [5, 5.41) is 0. The van der Waals surface area contributed by atoms with E-state index >= 15 is 0 Å². The smallest absolute Gasteiger partial charge is 0.344 e. The minimum Gasteiger partial charge on any atom is -0.485 e. The Morgan fingerprint density at radius 1 is 1.03 bits per heavy atom. The summed E-state index contributed by atoms with van der Waals surface area (Å²) >= 11 is 0. The quantitative estimate of drug-likeness (QED) is 0.539. The minimum absolute atomic E-state index is 0.0227. The Hall–Kier alpha value is -3.82. The van der Waals surface area contributed by atoms with E-state index in [4.69, 9.17) is 18.9 Å². The van der Waals surface area contributed by atoms with Crippen LogP contribution in [0, 0.1) is 5.82 Å². The molecule has 0 saturated carbocycles. The number of para-hydroxylation sites is 2. The number of rotatable bonds is 6. The maximum absolute atomic E-state index is 13.0. The molecule has 0 saturated heterocycles. The number of fused-ring (bicyclic) bond motifs is 1. The average molecular weight is 404 g/mol. The van der Waals surface area contributed by atoms with Gasteiger partial charge in [0.2, 0.25) is 6.10 Å². The van der Waals surface area contributed by atoms with Crippen LogP contribution in [0.4, 0.5) is 4.39 Å². The van der Waals surface area contributed by atoms with Gasteiger partial charge in [-0.05, 0) is 24.3 Å². The Labute approximate surface area is 164 Å². The zero-order valence-corrected chi connectivity index (χ0v) is 15.1. The zero-order chi connectivity index (χ0) is 20.6. The molecule has 152 valence electrons. The van der Waals surface area contributed by atoms with Gasteiger partial charge in [0, 0.05) is 6.07 Å². The highest BCUT2D eigenvalue weighted by atomic mass is 19.1. The van der Waals surface area contributed by atoms with E-state index < -0.39 is 42.9 Å². The number of carbonyl (C=O) groups excluding carboxylic acids is 3. The van der Waals surface area contributed by atoms with Crippen molar-refractivity contribution in [2.24, 2.45) is 0 Å². The lowest BCUT2D eigenvalue weighted by Gasteiger charge is -2.25. The van der Waals surface area contributed by atoms with Crippen molar-refractivity contribution in [1.29, 1.82) is 0 Å². The number of nitrogens with one attached hydrogen (secondary N) is 2. The Bertz CT molecular complexity index is 906. The first-order chi connectivity index (χ1) is 14.0. The molecule has 0 aromatic heterocycles. The highest BCUT2D eigenvalue weighted by molar-refractivity contribution is 5.86. The molecule has 1 aliphatic heterocycles. The third-order valence-corrected chi connectivity index (χ3v) is 3.64. The van der Waals surface area contributed by atoms with Crippen LogP contribution in [-0.4, -0.2) is 43.7 Å². The number of hydrogen-bond acceptors (Lipinski definition) is 7. The highest BCUT2D eigenvalue weighted by Gasteiger charge is 2.27. The number of ether oxygens (including phenoxy) is 4. The van der Waals surface area contributed by atoms with Crippen molar-refractivity contribution in [2.75, 3.05) is 19.8 Å². The lowest BCUT2D eigenvalue weighted by molar-refractivity contribution is -0.151. The molecule has 9 nitrogen and oxygen atoms in total. The van der Waals surface area contributed by atoms with Gasteiger partial charge in [0.15, 0.2) is 24.7 Å². The van der Waals surface area contributed by atoms with Crippen molar-refractivity contribution in [3.63, 3.8) is 0 Å². The Kier molecular flexibility index (Phi) is 6.46. The Morgan fingerprint density at radius 3 is 2.62 bits per heavy atom. The average Bonchev–Trinajstić information content (AvgIpc) is 2.74. The van der Waals surface area contributed by atoms with Crippen molar-refractivity contribution in [2.45, 2.75) is 6.10 Å². The standard InChI is InChI=1S/C19H17FN2O7/c20-12-4-3-5-13(8-12)26-11-18(24)28-10-17(23)21-22-19(25)16-9-27-14-6-1-2-7-15(14)29-16/h1-8,16H,9-11H2,(H,21,23)(H,22,25)/t16-/m0/s1. The molecular formula is C19H17FN2O7. The molecule has 1 aliphatic rings. The number of hydrazine groups is 1. The van der Waals surface area contributed by atoms with E-state index in [1.165, 1.54) is 18.2 Å². The van der Waals surface area contributed by atoms with Gasteiger partial charge in [-0.25, -0.2) is 9.18 Å². The normalized spacial score (nSPS) is 14.4. The summed E-state index contributed by atoms with van der Waals surface area (Å²) in [6.45, 7) is -1.17. The molecule has 0 fully saturated rings. The second-order valence-electron chi connectivity index (χ2n) is 5.81. The fourth-order valence-electron chi connectivity index (χ4n) is 2.28. The molecule has 2 aromatic rings. The predicted octanol–water partition coefficient (Wildman–Crippen LogP) is 0.735. The lowest BCUT2D eigenvalue weighted by Crippen LogP contribution is -2.51. The van der Waals surface area contributed by atoms with Gasteiger partial charge in [-0.2, -0.15) is 0 Å². The Morgan fingerprint density at radius 2 is 1.83 bits per heavy atom. The van der Waals surface area contributed by atoms with Crippen molar-refractivity contribution in [3.05, 3.63) is 54.3 Å². The predicted molar refractivity (Wildman–Crippen MR) is 95.5 cm³/mol. The van der Waals surface area contributed by atoms with Crippen LogP contribution in [0.5, 0.6) is 17.2 Å². The van der Waals surface area contributed by atoms with Crippen LogP contribution in [0.25, 0.3) is 0 Å². The van der Waals surface area contributed by atoms with Crippen LogP contribution in [0.2, 0.25) is 0 Å². The van der Waals surface area contributed by atoms with Gasteiger partial charge in [0.25, 0.3) is 11.8 Å². The van der Waals surface area contributed by atoms with Gasteiger partial charge in [-0.3, -0.25) is 20.4 Å². The summed E-state index contributed by atoms with van der Waals surface area (Å²) in [5.74, 6) is -1.67. The number of carbonyl (C=O) groups is 3. The topological polar surface area (TPSA) is 112 Å². The van der Waals surface area contributed by atoms with E-state index in [2.05, 4.69) is 10.9 Å². The second kappa shape index (κ2) is 9.40. The van der Waals surface area contributed by atoms with E-state index in [-0.39, 0.29) is 12.4 Å². The summed E-state index contributed by atoms with van der Waals surface area (Å²) in [6.07, 6.45) is -0.951. The van der Waals surface area contributed by atoms with Crippen LogP contribution < -0.4 is 25.1 Å². The molecule has 1 heterocycles. The maximum Gasteiger partial charge on any atom is 0.344 e. The first-order valence-corrected chi connectivity index (χ1v) is 8.52. The first-order valence-electron chi connectivity index (χ1n) is 8.52. The third-order valence-electron chi connectivity index (χ3n) is 3.64. The van der Waals surface area contributed by atoms with Crippen molar-refractivity contribution in [3.8, 4) is 17.2 Å². The second-order valence-corrected chi connectivity index (χ2v) is 5.81. The molecule has 10 heteroatoms. The number of hydrogen-bond donors (Lipinski definition) is 2. The third kappa shape index (κ3) is 5.83. The molecule has 29 heavy (non-hydrogen) atoms. The summed E-state index contributed by atoms with van der Waals surface area (Å²) in [7, 11) is 0. The molecule has 0 radical (unpaired) electrons. The molecule has 0 unspecified atom stereocenters. The summed E-state index contributed by atoms with van der Waals surface area (Å²) < 4.78 is 33.6. The van der Waals surface area contributed by atoms with Crippen LogP contribution in [0.1, 0.15) is 0 Å². The molecule has 2 amide bonds. The number of halogens is 1. The summed E-state index contributed by atoms with van der Waals surface area (Å²) in [4.78, 5) is 35.3. The van der Waals surface area contributed by atoms with Gasteiger partial charge < -0.3 is 18.9 Å². The van der Waals surface area contributed by atoms with Crippen molar-refractivity contribution in [1.82, 2.24) is 10.9 Å². The van der Waals surface area contributed by atoms with Gasteiger partial charge >= 0.3 is 5.97 Å². The maximum atomic E-state index is 13.0. The van der Waals surface area contributed by atoms with Crippen LogP contribution in [0.15, 0.2) is 48.5 Å². The molecular weight excluding hydrogens is 387 g/mol. The largest absolute Gasteiger partial charge is 0.485 e. The molecule has 2 aromatic carbocycles. The van der Waals surface area contributed by atoms with Crippen molar-refractivity contribution < 1.29 is 37.7 Å². The van der Waals surface area contributed by atoms with Crippen molar-refractivity contribution >= 4 is 17.8 Å². The Balaban J connectivity index is 1.34. The van der Waals surface area contributed by atoms with Crippen LogP contribution >= 0.6 is 0 Å². The summed E-state index contributed by atoms with van der Waals surface area (Å²) in [6, 6.07) is 12.1. The molecule has 0 bridgehead atoms. The van der Waals surface area contributed by atoms with Gasteiger partial charge in [0.05, 0.1) is 0 Å². The lowest BCUT2D eigenvalue weighted by atomic mass is 10.2. The molecule has 0 aliphatic carbocycles. The SMILES string of the molecule is O=C(COC(=O)COc1cccc(F)c1)NNC(=O)[C@@H]1COc2ccccc2O1. The van der Waals surface area contributed by atoms with E-state index in [0.29, 0.717) is 11.5 Å². The fraction of sp³-hybridized carbons (Fsp3) is 0.211. The number of esters is 1. The fourth-order valence-corrected chi connectivity index (χ4v) is 2.28. The van der Waals surface area contributed by atoms with Gasteiger partial charge in [0.1, 0.15) is 18.2 Å². The monoisotopic (exact) mass is 404 g/mol. The zero-order valence-electron chi connectivity index (χ0n) is 15.1. The van der Waals surface area contributed by atoms with E-state index in [1.54, 1.807) is 24.3 Å². The highest BCUT2D eigenvalue weighted by Crippen LogP contribution is 2.30. The molecule has 0 spiro atoms. The molecule has 2 N–H and O–H groups in total. The van der Waals surface area contributed by atoms with E-state index in [9.17, 15) is 18.8 Å². The number of benzene rings is 2.